The highest BCUT2D eigenvalue weighted by atomic mass is 16.5. The second kappa shape index (κ2) is 8.17. The van der Waals surface area contributed by atoms with Crippen molar-refractivity contribution in [2.24, 2.45) is 0 Å². The van der Waals surface area contributed by atoms with Crippen molar-refractivity contribution in [3.63, 3.8) is 0 Å². The number of aromatic amines is 1. The number of rotatable bonds is 8. The van der Waals surface area contributed by atoms with E-state index in [1.807, 2.05) is 0 Å². The van der Waals surface area contributed by atoms with Crippen LogP contribution >= 0.6 is 0 Å². The minimum Gasteiger partial charge on any atom is -0.497 e. The van der Waals surface area contributed by atoms with E-state index in [4.69, 9.17) is 18.9 Å². The zero-order valence-corrected chi connectivity index (χ0v) is 16.6. The van der Waals surface area contributed by atoms with Gasteiger partial charge in [0.05, 0.1) is 52.4 Å². The smallest absolute Gasteiger partial charge is 0.326 e. The Hall–Kier alpha value is -3.62. The monoisotopic (exact) mass is 402 g/mol. The fourth-order valence-corrected chi connectivity index (χ4v) is 3.34. The Bertz CT molecular complexity index is 1090. The third-order valence-corrected chi connectivity index (χ3v) is 4.56. The third-order valence-electron chi connectivity index (χ3n) is 4.56. The van der Waals surface area contributed by atoms with Crippen molar-refractivity contribution in [3.05, 3.63) is 45.9 Å². The molecule has 0 radical (unpaired) electrons. The molecule has 9 heteroatoms. The summed E-state index contributed by atoms with van der Waals surface area (Å²) in [5, 5.41) is 9.29. The van der Waals surface area contributed by atoms with Crippen molar-refractivity contribution >= 4 is 17.0 Å². The van der Waals surface area contributed by atoms with Crippen LogP contribution in [0.5, 0.6) is 23.0 Å². The maximum atomic E-state index is 12.6. The zero-order chi connectivity index (χ0) is 21.1. The first-order valence-corrected chi connectivity index (χ1v) is 8.71. The van der Waals surface area contributed by atoms with Crippen molar-refractivity contribution in [2.45, 2.75) is 13.0 Å². The van der Waals surface area contributed by atoms with Gasteiger partial charge in [-0.25, -0.2) is 4.79 Å². The van der Waals surface area contributed by atoms with E-state index in [-0.39, 0.29) is 18.7 Å². The molecule has 0 aliphatic heterocycles. The minimum absolute atomic E-state index is 0.175. The van der Waals surface area contributed by atoms with Crippen LogP contribution in [0, 0.1) is 0 Å². The number of carboxylic acids is 1. The summed E-state index contributed by atoms with van der Waals surface area (Å²) in [4.78, 5) is 26.7. The van der Waals surface area contributed by atoms with Crippen molar-refractivity contribution in [1.82, 2.24) is 9.55 Å². The van der Waals surface area contributed by atoms with Gasteiger partial charge in [-0.1, -0.05) is 0 Å². The Balaban J connectivity index is 2.17. The van der Waals surface area contributed by atoms with Crippen molar-refractivity contribution in [1.29, 1.82) is 0 Å². The number of hydrogen-bond acceptors (Lipinski definition) is 6. The molecule has 0 amide bonds. The lowest BCUT2D eigenvalue weighted by Crippen LogP contribution is -2.18. The summed E-state index contributed by atoms with van der Waals surface area (Å²) in [5.41, 5.74) is 1.83. The molecule has 0 saturated heterocycles. The largest absolute Gasteiger partial charge is 0.497 e. The lowest BCUT2D eigenvalue weighted by atomic mass is 10.1. The fourth-order valence-electron chi connectivity index (χ4n) is 3.34. The number of imidazole rings is 1. The molecule has 2 aromatic carbocycles. The summed E-state index contributed by atoms with van der Waals surface area (Å²) in [6, 6.07) is 6.77. The molecule has 3 aromatic rings. The molecule has 1 aromatic heterocycles. The molecule has 0 spiro atoms. The van der Waals surface area contributed by atoms with E-state index < -0.39 is 5.97 Å². The Morgan fingerprint density at radius 1 is 1.00 bits per heavy atom. The third kappa shape index (κ3) is 3.84. The van der Waals surface area contributed by atoms with Gasteiger partial charge in [0.25, 0.3) is 0 Å². The minimum atomic E-state index is -1.01. The number of nitrogens with one attached hydrogen (secondary N) is 1. The van der Waals surface area contributed by atoms with E-state index in [2.05, 4.69) is 4.98 Å². The second-order valence-electron chi connectivity index (χ2n) is 6.30. The molecule has 0 aliphatic rings. The summed E-state index contributed by atoms with van der Waals surface area (Å²) < 4.78 is 22.8. The molecule has 1 heterocycles. The number of hydrogen-bond donors (Lipinski definition) is 2. The quantitative estimate of drug-likeness (QED) is 0.593. The van der Waals surface area contributed by atoms with Gasteiger partial charge in [-0.15, -0.1) is 0 Å². The normalized spacial score (nSPS) is 10.8. The van der Waals surface area contributed by atoms with Gasteiger partial charge in [0, 0.05) is 6.07 Å². The molecular formula is C20H22N2O7. The van der Waals surface area contributed by atoms with E-state index in [0.29, 0.717) is 39.6 Å². The standard InChI is InChI=1S/C20H22N2O7/c1-26-13-7-12(8-17(23)24)18-14(9-13)21-20(25)22(18)10-11-5-15(27-2)19(29-4)16(6-11)28-3/h5-7,9H,8,10H2,1-4H3,(H,21,25)(H,23,24). The first-order chi connectivity index (χ1) is 13.9. The number of ether oxygens (including phenoxy) is 4. The van der Waals surface area contributed by atoms with E-state index in [0.717, 1.165) is 5.56 Å². The lowest BCUT2D eigenvalue weighted by Gasteiger charge is -2.15. The maximum absolute atomic E-state index is 12.6. The molecule has 0 bridgehead atoms. The molecule has 0 aliphatic carbocycles. The van der Waals surface area contributed by atoms with Gasteiger partial charge >= 0.3 is 11.7 Å². The number of benzene rings is 2. The van der Waals surface area contributed by atoms with Crippen LogP contribution in [0.1, 0.15) is 11.1 Å². The molecule has 0 unspecified atom stereocenters. The van der Waals surface area contributed by atoms with Gasteiger partial charge in [-0.2, -0.15) is 0 Å². The van der Waals surface area contributed by atoms with Crippen molar-refractivity contribution in [2.75, 3.05) is 28.4 Å². The van der Waals surface area contributed by atoms with Gasteiger partial charge in [0.2, 0.25) is 5.75 Å². The molecule has 29 heavy (non-hydrogen) atoms. The second-order valence-corrected chi connectivity index (χ2v) is 6.30. The number of H-pyrrole nitrogens is 1. The maximum Gasteiger partial charge on any atom is 0.326 e. The molecular weight excluding hydrogens is 380 g/mol. The number of carboxylic acid groups (broad SMARTS) is 1. The predicted octanol–water partition coefficient (Wildman–Crippen LogP) is 2.04. The van der Waals surface area contributed by atoms with Crippen LogP contribution in [-0.2, 0) is 17.8 Å². The fraction of sp³-hybridized carbons (Fsp3) is 0.300. The van der Waals surface area contributed by atoms with E-state index in [9.17, 15) is 14.7 Å². The number of carbonyl (C=O) groups is 1. The highest BCUT2D eigenvalue weighted by Crippen LogP contribution is 2.38. The first kappa shape index (κ1) is 20.1. The van der Waals surface area contributed by atoms with Gasteiger partial charge in [0.15, 0.2) is 11.5 Å². The average molecular weight is 402 g/mol. The number of methoxy groups -OCH3 is 4. The van der Waals surface area contributed by atoms with Crippen molar-refractivity contribution < 1.29 is 28.8 Å². The van der Waals surface area contributed by atoms with Crippen LogP contribution in [0.3, 0.4) is 0 Å². The molecule has 2 N–H and O–H groups in total. The zero-order valence-electron chi connectivity index (χ0n) is 16.6. The summed E-state index contributed by atoms with van der Waals surface area (Å²) in [6.45, 7) is 0.175. The Morgan fingerprint density at radius 2 is 1.66 bits per heavy atom. The number of aliphatic carboxylic acids is 1. The van der Waals surface area contributed by atoms with E-state index in [1.54, 1.807) is 24.3 Å². The van der Waals surface area contributed by atoms with Gasteiger partial charge in [-0.05, 0) is 29.3 Å². The molecule has 3 rings (SSSR count). The van der Waals surface area contributed by atoms with Gasteiger partial charge in [0.1, 0.15) is 5.75 Å². The number of nitrogens with zero attached hydrogens (tertiary/aromatic N) is 1. The van der Waals surface area contributed by atoms with E-state index in [1.165, 1.54) is 33.0 Å². The van der Waals surface area contributed by atoms with Crippen LogP contribution in [0.25, 0.3) is 11.0 Å². The lowest BCUT2D eigenvalue weighted by molar-refractivity contribution is -0.136. The molecule has 0 saturated carbocycles. The highest BCUT2D eigenvalue weighted by Gasteiger charge is 2.18. The van der Waals surface area contributed by atoms with Gasteiger partial charge < -0.3 is 29.0 Å². The highest BCUT2D eigenvalue weighted by molar-refractivity contribution is 5.85. The van der Waals surface area contributed by atoms with Crippen LogP contribution in [0.15, 0.2) is 29.1 Å². The van der Waals surface area contributed by atoms with Crippen LogP contribution < -0.4 is 24.6 Å². The topological polar surface area (TPSA) is 112 Å². The number of aromatic nitrogens is 2. The molecule has 0 fully saturated rings. The summed E-state index contributed by atoms with van der Waals surface area (Å²) in [5.74, 6) is 0.827. The number of fused-ring (bicyclic) bond motifs is 1. The first-order valence-electron chi connectivity index (χ1n) is 8.71. The van der Waals surface area contributed by atoms with Crippen LogP contribution in [0.4, 0.5) is 0 Å². The van der Waals surface area contributed by atoms with Gasteiger partial charge in [-0.3, -0.25) is 9.36 Å². The molecule has 0 atom stereocenters. The predicted molar refractivity (Wildman–Crippen MR) is 106 cm³/mol. The molecule has 154 valence electrons. The SMILES string of the molecule is COc1cc(CC(=O)O)c2c(c1)[nH]c(=O)n2Cc1cc(OC)c(OC)c(OC)c1. The molecule has 9 nitrogen and oxygen atoms in total. The Kier molecular flexibility index (Phi) is 5.67. The van der Waals surface area contributed by atoms with Crippen LogP contribution in [0.2, 0.25) is 0 Å². The summed E-state index contributed by atoms with van der Waals surface area (Å²) in [7, 11) is 6.01. The van der Waals surface area contributed by atoms with Crippen LogP contribution in [-0.4, -0.2) is 49.1 Å². The Labute approximate surface area is 166 Å². The van der Waals surface area contributed by atoms with E-state index >= 15 is 0 Å². The summed E-state index contributed by atoms with van der Waals surface area (Å²) in [6.07, 6.45) is -0.250. The Morgan fingerprint density at radius 3 is 2.17 bits per heavy atom. The summed E-state index contributed by atoms with van der Waals surface area (Å²) >= 11 is 0. The van der Waals surface area contributed by atoms with Crippen molar-refractivity contribution in [3.8, 4) is 23.0 Å². The average Bonchev–Trinajstić information content (AvgIpc) is 3.01.